The quantitative estimate of drug-likeness (QED) is 0.399. The van der Waals surface area contributed by atoms with E-state index in [1.165, 1.54) is 12.3 Å². The summed E-state index contributed by atoms with van der Waals surface area (Å²) in [6.45, 7) is 0. The van der Waals surface area contributed by atoms with Crippen molar-refractivity contribution < 1.29 is 14.4 Å². The number of phenols is 1. The summed E-state index contributed by atoms with van der Waals surface area (Å²) in [5.74, 6) is 0.657. The maximum atomic E-state index is 13.7. The second kappa shape index (κ2) is 7.89. The van der Waals surface area contributed by atoms with Crippen molar-refractivity contribution in [1.82, 2.24) is 5.20 Å². The van der Waals surface area contributed by atoms with E-state index in [1.807, 2.05) is 36.4 Å². The Hall–Kier alpha value is -3.04. The van der Waals surface area contributed by atoms with Gasteiger partial charge >= 0.3 is 0 Å². The van der Waals surface area contributed by atoms with Crippen molar-refractivity contribution in [2.24, 2.45) is 5.10 Å². The average Bonchev–Trinajstić information content (AvgIpc) is 2.70. The fourth-order valence-corrected chi connectivity index (χ4v) is 4.42. The minimum Gasteiger partial charge on any atom is -0.507 e. The molecule has 3 aromatic rings. The summed E-state index contributed by atoms with van der Waals surface area (Å²) in [6, 6.07) is 23.1. The number of aromatic hydroxyl groups is 1. The molecule has 0 aliphatic heterocycles. The summed E-state index contributed by atoms with van der Waals surface area (Å²) < 4.78 is 18.9. The molecule has 0 aromatic heterocycles. The zero-order chi connectivity index (χ0) is 18.4. The summed E-state index contributed by atoms with van der Waals surface area (Å²) in [5, 5.41) is 18.2. The first-order chi connectivity index (χ1) is 12.6. The third-order valence-electron chi connectivity index (χ3n) is 3.88. The second-order valence-electron chi connectivity index (χ2n) is 5.56. The van der Waals surface area contributed by atoms with Gasteiger partial charge in [0.15, 0.2) is 0 Å². The van der Waals surface area contributed by atoms with Crippen molar-refractivity contribution in [2.75, 3.05) is 7.11 Å². The summed E-state index contributed by atoms with van der Waals surface area (Å²) in [7, 11) is -1.61. The summed E-state index contributed by atoms with van der Waals surface area (Å²) in [6.07, 6.45) is 1.43. The molecule has 0 spiro atoms. The van der Waals surface area contributed by atoms with E-state index in [0.717, 1.165) is 0 Å². The normalized spacial score (nSPS) is 11.4. The lowest BCUT2D eigenvalue weighted by atomic mass is 10.2. The molecule has 0 heterocycles. The lowest BCUT2D eigenvalue weighted by Gasteiger charge is -2.18. The van der Waals surface area contributed by atoms with Crippen molar-refractivity contribution in [1.29, 1.82) is 0 Å². The number of hydrogen-bond acceptors (Lipinski definition) is 4. The maximum Gasteiger partial charge on any atom is 0.242 e. The third-order valence-corrected chi connectivity index (χ3v) is 6.32. The molecule has 0 unspecified atom stereocenters. The number of hydrazone groups is 1. The zero-order valence-corrected chi connectivity index (χ0v) is 15.1. The molecule has 132 valence electrons. The Morgan fingerprint density at radius 1 is 0.962 bits per heavy atom. The topological polar surface area (TPSA) is 70.9 Å². The number of hydrogen-bond donors (Lipinski definition) is 2. The van der Waals surface area contributed by atoms with Crippen LogP contribution in [0.2, 0.25) is 0 Å². The highest BCUT2D eigenvalue weighted by atomic mass is 31.2. The number of phenolic OH excluding ortho intramolecular Hbond substituents is 1. The highest BCUT2D eigenvalue weighted by Gasteiger charge is 2.26. The lowest BCUT2D eigenvalue weighted by Crippen LogP contribution is -2.24. The summed E-state index contributed by atoms with van der Waals surface area (Å²) in [4.78, 5) is 0. The number of nitrogens with one attached hydrogen (secondary N) is 1. The number of ether oxygens (including phenoxy) is 1. The standard InChI is InChI=1S/C20H19N2O3P/c1-25-17-12-13-20(23)16(14-17)15-21-22-26(24,18-8-4-2-5-9-18)19-10-6-3-7-11-19/h2-15,23H,1H3,(H,22,24)/b21-15+. The molecule has 26 heavy (non-hydrogen) atoms. The van der Waals surface area contributed by atoms with Crippen LogP contribution in [0, 0.1) is 0 Å². The van der Waals surface area contributed by atoms with Crippen molar-refractivity contribution >= 4 is 24.1 Å². The highest BCUT2D eigenvalue weighted by molar-refractivity contribution is 7.76. The SMILES string of the molecule is COc1ccc(O)c(/C=N/NP(=O)(c2ccccc2)c2ccccc2)c1. The monoisotopic (exact) mass is 366 g/mol. The Morgan fingerprint density at radius 2 is 1.54 bits per heavy atom. The molecule has 0 saturated heterocycles. The van der Waals surface area contributed by atoms with Crippen molar-refractivity contribution in [2.45, 2.75) is 0 Å². The third kappa shape index (κ3) is 3.79. The first kappa shape index (κ1) is 17.8. The molecule has 2 N–H and O–H groups in total. The summed E-state index contributed by atoms with van der Waals surface area (Å²) in [5.41, 5.74) is 0.463. The van der Waals surface area contributed by atoms with Gasteiger partial charge in [-0.2, -0.15) is 5.10 Å². The molecule has 0 bridgehead atoms. The van der Waals surface area contributed by atoms with E-state index in [4.69, 9.17) is 4.74 Å². The minimum absolute atomic E-state index is 0.0607. The molecule has 3 aromatic carbocycles. The van der Waals surface area contributed by atoms with Crippen LogP contribution >= 0.6 is 7.29 Å². The first-order valence-electron chi connectivity index (χ1n) is 8.02. The molecule has 0 saturated carbocycles. The largest absolute Gasteiger partial charge is 0.507 e. The van der Waals surface area contributed by atoms with Crippen LogP contribution in [0.25, 0.3) is 0 Å². The van der Waals surface area contributed by atoms with Crippen LogP contribution in [0.3, 0.4) is 0 Å². The van der Waals surface area contributed by atoms with Gasteiger partial charge in [0.25, 0.3) is 0 Å². The van der Waals surface area contributed by atoms with Gasteiger partial charge in [-0.15, -0.1) is 0 Å². The minimum atomic E-state index is -3.16. The van der Waals surface area contributed by atoms with Crippen LogP contribution in [0.1, 0.15) is 5.56 Å². The smallest absolute Gasteiger partial charge is 0.242 e. The predicted molar refractivity (Wildman–Crippen MR) is 105 cm³/mol. The number of rotatable bonds is 6. The lowest BCUT2D eigenvalue weighted by molar-refractivity contribution is 0.412. The summed E-state index contributed by atoms with van der Waals surface area (Å²) >= 11 is 0. The van der Waals surface area contributed by atoms with Crippen molar-refractivity contribution in [3.05, 3.63) is 84.4 Å². The van der Waals surface area contributed by atoms with Gasteiger partial charge < -0.3 is 9.84 Å². The Kier molecular flexibility index (Phi) is 5.40. The van der Waals surface area contributed by atoms with Gasteiger partial charge in [0.2, 0.25) is 7.29 Å². The van der Waals surface area contributed by atoms with Crippen LogP contribution in [0.15, 0.2) is 84.0 Å². The van der Waals surface area contributed by atoms with Gasteiger partial charge in [0.1, 0.15) is 11.5 Å². The van der Waals surface area contributed by atoms with Gasteiger partial charge in [-0.25, -0.2) is 0 Å². The predicted octanol–water partition coefficient (Wildman–Crippen LogP) is 3.25. The zero-order valence-electron chi connectivity index (χ0n) is 14.2. The Bertz CT molecular complexity index is 900. The molecule has 3 rings (SSSR count). The van der Waals surface area contributed by atoms with E-state index in [-0.39, 0.29) is 5.75 Å². The van der Waals surface area contributed by atoms with Crippen LogP contribution in [0.5, 0.6) is 11.5 Å². The molecular formula is C20H19N2O3P. The average molecular weight is 366 g/mol. The fourth-order valence-electron chi connectivity index (χ4n) is 2.48. The van der Waals surface area contributed by atoms with Crippen LogP contribution < -0.4 is 20.5 Å². The van der Waals surface area contributed by atoms with E-state index < -0.39 is 7.29 Å². The molecule has 0 amide bonds. The van der Waals surface area contributed by atoms with E-state index in [2.05, 4.69) is 10.3 Å². The van der Waals surface area contributed by atoms with E-state index in [0.29, 0.717) is 21.9 Å². The van der Waals surface area contributed by atoms with Crippen LogP contribution in [-0.2, 0) is 4.57 Å². The molecule has 6 heteroatoms. The number of benzene rings is 3. The van der Waals surface area contributed by atoms with E-state index in [9.17, 15) is 9.67 Å². The number of methoxy groups -OCH3 is 1. The molecule has 0 fully saturated rings. The van der Waals surface area contributed by atoms with Crippen LogP contribution in [-0.4, -0.2) is 18.4 Å². The van der Waals surface area contributed by atoms with Gasteiger partial charge in [0.05, 0.1) is 13.3 Å². The Balaban J connectivity index is 1.94. The number of nitrogens with zero attached hydrogens (tertiary/aromatic N) is 1. The fraction of sp³-hybridized carbons (Fsp3) is 0.0500. The highest BCUT2D eigenvalue weighted by Crippen LogP contribution is 2.38. The Morgan fingerprint density at radius 3 is 2.08 bits per heavy atom. The first-order valence-corrected chi connectivity index (χ1v) is 9.73. The molecule has 0 aliphatic rings. The van der Waals surface area contributed by atoms with Gasteiger partial charge in [-0.1, -0.05) is 36.4 Å². The molecule has 5 nitrogen and oxygen atoms in total. The van der Waals surface area contributed by atoms with Gasteiger partial charge in [-0.3, -0.25) is 9.76 Å². The molecule has 0 radical (unpaired) electrons. The molecule has 0 atom stereocenters. The van der Waals surface area contributed by atoms with E-state index >= 15 is 0 Å². The van der Waals surface area contributed by atoms with Gasteiger partial charge in [-0.05, 0) is 42.5 Å². The van der Waals surface area contributed by atoms with Crippen molar-refractivity contribution in [3.63, 3.8) is 0 Å². The van der Waals surface area contributed by atoms with E-state index in [1.54, 1.807) is 43.5 Å². The second-order valence-corrected chi connectivity index (χ2v) is 8.01. The molecular weight excluding hydrogens is 347 g/mol. The Labute approximate surface area is 152 Å². The molecule has 0 aliphatic carbocycles. The van der Waals surface area contributed by atoms with Crippen molar-refractivity contribution in [3.8, 4) is 11.5 Å². The maximum absolute atomic E-state index is 13.7. The van der Waals surface area contributed by atoms with Gasteiger partial charge in [0, 0.05) is 16.2 Å². The van der Waals surface area contributed by atoms with Crippen LogP contribution in [0.4, 0.5) is 0 Å².